The third kappa shape index (κ3) is 4.33. The van der Waals surface area contributed by atoms with Crippen LogP contribution in [0.5, 0.6) is 0 Å². The average Bonchev–Trinajstić information content (AvgIpc) is 3.09. The van der Waals surface area contributed by atoms with Crippen molar-refractivity contribution in [2.24, 2.45) is 5.92 Å². The van der Waals surface area contributed by atoms with Crippen LogP contribution in [-0.4, -0.2) is 43.2 Å². The molecule has 0 bridgehead atoms. The van der Waals surface area contributed by atoms with E-state index < -0.39 is 14.9 Å². The maximum atomic E-state index is 13.0. The van der Waals surface area contributed by atoms with Crippen LogP contribution in [0.2, 0.25) is 0 Å². The molecule has 1 fully saturated rings. The third-order valence-corrected chi connectivity index (χ3v) is 7.94. The van der Waals surface area contributed by atoms with E-state index in [1.165, 1.54) is 16.4 Å². The lowest BCUT2D eigenvalue weighted by Gasteiger charge is -2.30. The second kappa shape index (κ2) is 8.87. The zero-order valence-electron chi connectivity index (χ0n) is 17.8. The van der Waals surface area contributed by atoms with Crippen LogP contribution in [0.4, 0.5) is 17.1 Å². The molecule has 9 nitrogen and oxygen atoms in total. The lowest BCUT2D eigenvalue weighted by Crippen LogP contribution is -2.39. The number of hydrogen-bond acceptors (Lipinski definition) is 6. The Morgan fingerprint density at radius 1 is 1.25 bits per heavy atom. The summed E-state index contributed by atoms with van der Waals surface area (Å²) < 4.78 is 27.4. The topological polar surface area (TPSA) is 122 Å². The van der Waals surface area contributed by atoms with Crippen LogP contribution in [0.1, 0.15) is 37.7 Å². The highest BCUT2D eigenvalue weighted by Crippen LogP contribution is 2.35. The lowest BCUT2D eigenvalue weighted by molar-refractivity contribution is -0.384. The van der Waals surface area contributed by atoms with Gasteiger partial charge in [-0.05, 0) is 48.9 Å². The van der Waals surface area contributed by atoms with E-state index in [1.54, 1.807) is 0 Å². The van der Waals surface area contributed by atoms with Crippen LogP contribution < -0.4 is 10.6 Å². The highest BCUT2D eigenvalue weighted by atomic mass is 32.2. The molecule has 10 heteroatoms. The van der Waals surface area contributed by atoms with Gasteiger partial charge in [-0.15, -0.1) is 0 Å². The van der Waals surface area contributed by atoms with Crippen molar-refractivity contribution in [3.05, 3.63) is 58.1 Å². The van der Waals surface area contributed by atoms with E-state index in [0.717, 1.165) is 30.2 Å². The quantitative estimate of drug-likeness (QED) is 0.483. The number of sulfonamides is 1. The molecule has 2 aromatic rings. The fraction of sp³-hybridized carbons (Fsp3) is 0.409. The summed E-state index contributed by atoms with van der Waals surface area (Å²) in [6, 6.07) is 11.4. The Balaban J connectivity index is 1.49. The van der Waals surface area contributed by atoms with Crippen LogP contribution >= 0.6 is 0 Å². The number of carbonyl (C=O) groups is 1. The number of nitro groups is 1. The number of fused-ring (bicyclic) bond motifs is 1. The number of nitro benzene ring substituents is 1. The SMILES string of the molecule is C[C@H]1CCCN(S(=O)(=O)c2ccc(NCC[C@H]3C(=O)Nc4ccccc43)c([N+](=O)[O-])c2)C1. The molecule has 1 saturated heterocycles. The van der Waals surface area contributed by atoms with Crippen molar-refractivity contribution in [3.63, 3.8) is 0 Å². The molecular formula is C22H26N4O5S. The Hall–Kier alpha value is -2.98. The molecule has 32 heavy (non-hydrogen) atoms. The van der Waals surface area contributed by atoms with Crippen LogP contribution in [0, 0.1) is 16.0 Å². The Labute approximate surface area is 187 Å². The number of rotatable bonds is 7. The van der Waals surface area contributed by atoms with Crippen LogP contribution in [0.3, 0.4) is 0 Å². The fourth-order valence-electron chi connectivity index (χ4n) is 4.40. The summed E-state index contributed by atoms with van der Waals surface area (Å²) in [6.07, 6.45) is 2.20. The smallest absolute Gasteiger partial charge is 0.293 e. The minimum absolute atomic E-state index is 0.0760. The van der Waals surface area contributed by atoms with E-state index >= 15 is 0 Å². The van der Waals surface area contributed by atoms with E-state index in [4.69, 9.17) is 0 Å². The molecule has 0 aromatic heterocycles. The standard InChI is InChI=1S/C22H26N4O5S/c1-15-5-4-12-25(14-15)32(30,31)16-8-9-20(21(13-16)26(28)29)23-11-10-18-17-6-2-3-7-19(17)24-22(18)27/h2-3,6-9,13,15,18,23H,4-5,10-12,14H2,1H3,(H,24,27)/t15-,18+/m0/s1. The van der Waals surface area contributed by atoms with Gasteiger partial charge in [-0.2, -0.15) is 4.31 Å². The summed E-state index contributed by atoms with van der Waals surface area (Å²) in [4.78, 5) is 23.3. The first-order valence-electron chi connectivity index (χ1n) is 10.7. The van der Waals surface area contributed by atoms with E-state index in [0.29, 0.717) is 26.1 Å². The van der Waals surface area contributed by atoms with Crippen molar-refractivity contribution in [3.8, 4) is 0 Å². The number of nitrogens with zero attached hydrogens (tertiary/aromatic N) is 2. The summed E-state index contributed by atoms with van der Waals surface area (Å²) in [5.74, 6) is -0.175. The highest BCUT2D eigenvalue weighted by molar-refractivity contribution is 7.89. The second-order valence-corrected chi connectivity index (χ2v) is 10.3. The molecule has 1 amide bonds. The molecule has 2 aliphatic heterocycles. The Bertz CT molecular complexity index is 1150. The first-order chi connectivity index (χ1) is 15.3. The molecular weight excluding hydrogens is 432 g/mol. The minimum atomic E-state index is -3.79. The number of carbonyl (C=O) groups excluding carboxylic acids is 1. The predicted molar refractivity (Wildman–Crippen MR) is 121 cm³/mol. The van der Waals surface area contributed by atoms with Gasteiger partial charge in [0.1, 0.15) is 5.69 Å². The molecule has 2 heterocycles. The summed E-state index contributed by atoms with van der Waals surface area (Å²) >= 11 is 0. The van der Waals surface area contributed by atoms with Gasteiger partial charge in [0.05, 0.1) is 15.7 Å². The number of piperidine rings is 1. The van der Waals surface area contributed by atoms with Gasteiger partial charge < -0.3 is 10.6 Å². The summed E-state index contributed by atoms with van der Waals surface area (Å²) in [6.45, 7) is 3.16. The number of hydrogen-bond donors (Lipinski definition) is 2. The fourth-order valence-corrected chi connectivity index (χ4v) is 6.02. The number of benzene rings is 2. The van der Waals surface area contributed by atoms with E-state index in [9.17, 15) is 23.3 Å². The van der Waals surface area contributed by atoms with Crippen LogP contribution in [0.25, 0.3) is 0 Å². The van der Waals surface area contributed by atoms with Crippen molar-refractivity contribution in [2.45, 2.75) is 37.0 Å². The van der Waals surface area contributed by atoms with Gasteiger partial charge >= 0.3 is 0 Å². The minimum Gasteiger partial charge on any atom is -0.379 e. The molecule has 0 unspecified atom stereocenters. The molecule has 2 atom stereocenters. The van der Waals surface area contributed by atoms with Gasteiger partial charge in [-0.25, -0.2) is 8.42 Å². The van der Waals surface area contributed by atoms with Gasteiger partial charge in [0, 0.05) is 31.4 Å². The second-order valence-electron chi connectivity index (χ2n) is 8.39. The monoisotopic (exact) mass is 458 g/mol. The zero-order valence-corrected chi connectivity index (χ0v) is 18.6. The third-order valence-electron chi connectivity index (χ3n) is 6.08. The van der Waals surface area contributed by atoms with Crippen molar-refractivity contribution in [1.29, 1.82) is 0 Å². The number of anilines is 2. The average molecular weight is 459 g/mol. The molecule has 0 aliphatic carbocycles. The number of amides is 1. The van der Waals surface area contributed by atoms with E-state index in [1.807, 2.05) is 31.2 Å². The summed E-state index contributed by atoms with van der Waals surface area (Å²) in [5.41, 5.74) is 1.63. The Kier molecular flexibility index (Phi) is 6.16. The normalized spacial score (nSPS) is 21.1. The van der Waals surface area contributed by atoms with Gasteiger partial charge in [0.2, 0.25) is 15.9 Å². The molecule has 170 valence electrons. The maximum Gasteiger partial charge on any atom is 0.293 e. The molecule has 0 radical (unpaired) electrons. The first kappa shape index (κ1) is 22.2. The highest BCUT2D eigenvalue weighted by Gasteiger charge is 2.32. The van der Waals surface area contributed by atoms with Crippen LogP contribution in [-0.2, 0) is 14.8 Å². The Morgan fingerprint density at radius 3 is 2.78 bits per heavy atom. The molecule has 2 aromatic carbocycles. The first-order valence-corrected chi connectivity index (χ1v) is 12.1. The molecule has 0 saturated carbocycles. The van der Waals surface area contributed by atoms with E-state index in [2.05, 4.69) is 10.6 Å². The number of para-hydroxylation sites is 1. The van der Waals surface area contributed by atoms with Crippen molar-refractivity contribution < 1.29 is 18.1 Å². The van der Waals surface area contributed by atoms with Gasteiger partial charge in [-0.1, -0.05) is 25.1 Å². The van der Waals surface area contributed by atoms with Crippen molar-refractivity contribution in [1.82, 2.24) is 4.31 Å². The molecule has 2 N–H and O–H groups in total. The lowest BCUT2D eigenvalue weighted by atomic mass is 9.97. The zero-order chi connectivity index (χ0) is 22.9. The summed E-state index contributed by atoms with van der Waals surface area (Å²) in [5, 5.41) is 17.5. The van der Waals surface area contributed by atoms with Crippen molar-refractivity contribution >= 4 is 33.0 Å². The Morgan fingerprint density at radius 2 is 2.03 bits per heavy atom. The van der Waals surface area contributed by atoms with Gasteiger partial charge in [0.25, 0.3) is 5.69 Å². The van der Waals surface area contributed by atoms with Crippen LogP contribution in [0.15, 0.2) is 47.4 Å². The largest absolute Gasteiger partial charge is 0.379 e. The predicted octanol–water partition coefficient (Wildman–Crippen LogP) is 3.55. The van der Waals surface area contributed by atoms with E-state index in [-0.39, 0.29) is 34.0 Å². The van der Waals surface area contributed by atoms with Gasteiger partial charge in [-0.3, -0.25) is 14.9 Å². The number of nitrogens with one attached hydrogen (secondary N) is 2. The van der Waals surface area contributed by atoms with Gasteiger partial charge in [0.15, 0.2) is 0 Å². The molecule has 2 aliphatic rings. The molecule has 4 rings (SSSR count). The molecule has 0 spiro atoms. The maximum absolute atomic E-state index is 13.0. The summed E-state index contributed by atoms with van der Waals surface area (Å²) in [7, 11) is -3.79. The van der Waals surface area contributed by atoms with Crippen molar-refractivity contribution in [2.75, 3.05) is 30.3 Å².